The van der Waals surface area contributed by atoms with Crippen LogP contribution in [-0.4, -0.2) is 34.1 Å². The van der Waals surface area contributed by atoms with Crippen molar-refractivity contribution in [2.75, 3.05) is 13.2 Å². The van der Waals surface area contributed by atoms with Gasteiger partial charge in [-0.3, -0.25) is 9.59 Å². The fraction of sp³-hybridized carbons (Fsp3) is 0.300. The maximum Gasteiger partial charge on any atom is 0.277 e. The van der Waals surface area contributed by atoms with Crippen molar-refractivity contribution in [1.29, 1.82) is 0 Å². The number of amides is 1. The molecule has 1 aromatic heterocycles. The molecule has 27 heavy (non-hydrogen) atoms. The molecule has 0 fully saturated rings. The summed E-state index contributed by atoms with van der Waals surface area (Å²) >= 11 is 0. The molecule has 1 aliphatic rings. The highest BCUT2D eigenvalue weighted by atomic mass is 16.5. The summed E-state index contributed by atoms with van der Waals surface area (Å²) < 4.78 is 6.98. The topological polar surface area (TPSA) is 86.1 Å². The van der Waals surface area contributed by atoms with E-state index >= 15 is 0 Å². The Hall–Kier alpha value is -3.22. The van der Waals surface area contributed by atoms with E-state index in [0.717, 1.165) is 12.2 Å². The number of benzene rings is 2. The number of hydrogen-bond acceptors (Lipinski definition) is 5. The molecule has 7 heteroatoms. The molecule has 2 heterocycles. The van der Waals surface area contributed by atoms with Gasteiger partial charge < -0.3 is 10.1 Å². The quantitative estimate of drug-likeness (QED) is 0.742. The molecule has 0 aliphatic carbocycles. The van der Waals surface area contributed by atoms with Crippen LogP contribution in [0.15, 0.2) is 53.3 Å². The van der Waals surface area contributed by atoms with E-state index in [2.05, 4.69) is 15.6 Å². The third-order valence-electron chi connectivity index (χ3n) is 4.72. The number of nitrogens with one attached hydrogen (secondary N) is 1. The number of nitrogens with zero attached hydrogens (tertiary/aromatic N) is 3. The Morgan fingerprint density at radius 3 is 2.93 bits per heavy atom. The average Bonchev–Trinajstić information content (AvgIpc) is 2.72. The van der Waals surface area contributed by atoms with Gasteiger partial charge in [0.05, 0.1) is 18.5 Å². The number of aromatic nitrogens is 3. The Bertz CT molecular complexity index is 1030. The van der Waals surface area contributed by atoms with Gasteiger partial charge in [-0.15, -0.1) is 5.10 Å². The fourth-order valence-corrected chi connectivity index (χ4v) is 3.25. The van der Waals surface area contributed by atoms with Crippen molar-refractivity contribution in [3.63, 3.8) is 0 Å². The summed E-state index contributed by atoms with van der Waals surface area (Å²) in [5.41, 5.74) is 1.49. The van der Waals surface area contributed by atoms with Crippen LogP contribution < -0.4 is 15.6 Å². The Morgan fingerprint density at radius 2 is 2.00 bits per heavy atom. The largest absolute Gasteiger partial charge is 0.493 e. The van der Waals surface area contributed by atoms with Gasteiger partial charge in [-0.2, -0.15) is 0 Å². The van der Waals surface area contributed by atoms with Gasteiger partial charge in [-0.05, 0) is 30.2 Å². The Labute approximate surface area is 156 Å². The summed E-state index contributed by atoms with van der Waals surface area (Å²) in [6, 6.07) is 15.0. The van der Waals surface area contributed by atoms with Gasteiger partial charge in [0.25, 0.3) is 5.56 Å². The number of rotatable bonds is 5. The average molecular weight is 364 g/mol. The van der Waals surface area contributed by atoms with Crippen LogP contribution in [0.25, 0.3) is 10.9 Å². The fourth-order valence-electron chi connectivity index (χ4n) is 3.25. The highest BCUT2D eigenvalue weighted by molar-refractivity contribution is 5.77. The minimum absolute atomic E-state index is 0.115. The van der Waals surface area contributed by atoms with Crippen molar-refractivity contribution in [3.8, 4) is 5.75 Å². The number of fused-ring (bicyclic) bond motifs is 2. The van der Waals surface area contributed by atoms with E-state index in [1.807, 2.05) is 30.3 Å². The summed E-state index contributed by atoms with van der Waals surface area (Å²) in [4.78, 5) is 24.5. The van der Waals surface area contributed by atoms with Crippen molar-refractivity contribution in [2.45, 2.75) is 19.4 Å². The second kappa shape index (κ2) is 7.57. The minimum atomic E-state index is -0.231. The lowest BCUT2D eigenvalue weighted by Crippen LogP contribution is -2.35. The molecule has 0 radical (unpaired) electrons. The van der Waals surface area contributed by atoms with E-state index < -0.39 is 0 Å². The first kappa shape index (κ1) is 17.2. The van der Waals surface area contributed by atoms with Crippen molar-refractivity contribution in [3.05, 3.63) is 64.4 Å². The Morgan fingerprint density at radius 1 is 1.19 bits per heavy atom. The molecule has 2 aromatic carbocycles. The van der Waals surface area contributed by atoms with E-state index in [1.165, 1.54) is 10.2 Å². The summed E-state index contributed by atoms with van der Waals surface area (Å²) in [5, 5.41) is 11.4. The molecule has 0 saturated carbocycles. The lowest BCUT2D eigenvalue weighted by Gasteiger charge is -2.25. The molecule has 1 atom stereocenters. The molecule has 3 aromatic rings. The van der Waals surface area contributed by atoms with Gasteiger partial charge in [0, 0.05) is 18.9 Å². The van der Waals surface area contributed by atoms with E-state index in [4.69, 9.17) is 4.74 Å². The van der Waals surface area contributed by atoms with Crippen LogP contribution in [0.4, 0.5) is 0 Å². The van der Waals surface area contributed by atoms with E-state index in [1.54, 1.807) is 18.2 Å². The molecular formula is C20H20N4O3. The maximum atomic E-state index is 12.4. The number of ether oxygens (including phenoxy) is 1. The first-order chi connectivity index (χ1) is 13.2. The van der Waals surface area contributed by atoms with Crippen molar-refractivity contribution < 1.29 is 9.53 Å². The van der Waals surface area contributed by atoms with Crippen LogP contribution in [0.3, 0.4) is 0 Å². The first-order valence-electron chi connectivity index (χ1n) is 9.00. The molecule has 1 amide bonds. The summed E-state index contributed by atoms with van der Waals surface area (Å²) in [6.07, 6.45) is 1.06. The summed E-state index contributed by atoms with van der Waals surface area (Å²) in [6.45, 7) is 1.34. The lowest BCUT2D eigenvalue weighted by atomic mass is 9.97. The normalized spacial score (nSPS) is 15.8. The molecule has 0 saturated heterocycles. The van der Waals surface area contributed by atoms with Gasteiger partial charge in [0.2, 0.25) is 5.91 Å². The Balaban J connectivity index is 1.31. The molecule has 7 nitrogen and oxygen atoms in total. The van der Waals surface area contributed by atoms with E-state index in [0.29, 0.717) is 24.1 Å². The third-order valence-corrected chi connectivity index (χ3v) is 4.72. The molecule has 4 rings (SSSR count). The minimum Gasteiger partial charge on any atom is -0.493 e. The molecular weight excluding hydrogens is 344 g/mol. The predicted molar refractivity (Wildman–Crippen MR) is 101 cm³/mol. The third kappa shape index (κ3) is 3.81. The van der Waals surface area contributed by atoms with Gasteiger partial charge >= 0.3 is 0 Å². The lowest BCUT2D eigenvalue weighted by molar-refractivity contribution is -0.121. The molecule has 0 bridgehead atoms. The highest BCUT2D eigenvalue weighted by Crippen LogP contribution is 2.26. The van der Waals surface area contributed by atoms with Crippen LogP contribution in [0, 0.1) is 5.92 Å². The van der Waals surface area contributed by atoms with Gasteiger partial charge in [-0.1, -0.05) is 35.5 Å². The van der Waals surface area contributed by atoms with Crippen LogP contribution in [0.5, 0.6) is 5.75 Å². The predicted octanol–water partition coefficient (Wildman–Crippen LogP) is 1.55. The van der Waals surface area contributed by atoms with Crippen LogP contribution in [0.2, 0.25) is 0 Å². The van der Waals surface area contributed by atoms with Gasteiger partial charge in [-0.25, -0.2) is 4.68 Å². The number of para-hydroxylation sites is 1. The number of hydrogen-bond donors (Lipinski definition) is 1. The first-order valence-corrected chi connectivity index (χ1v) is 9.00. The molecule has 1 aliphatic heterocycles. The van der Waals surface area contributed by atoms with Gasteiger partial charge in [0.15, 0.2) is 0 Å². The van der Waals surface area contributed by atoms with Crippen molar-refractivity contribution in [2.24, 2.45) is 5.92 Å². The summed E-state index contributed by atoms with van der Waals surface area (Å²) in [7, 11) is 0. The standard InChI is InChI=1S/C20H20N4O3/c25-19(21-12-14-11-15-5-1-4-8-18(15)27-13-14)9-10-24-20(26)16-6-2-3-7-17(16)22-23-24/h1-8,14H,9-13H2,(H,21,25). The SMILES string of the molecule is O=C(CCn1nnc2ccccc2c1=O)NCC1COc2ccccc2C1. The van der Waals surface area contributed by atoms with Crippen LogP contribution >= 0.6 is 0 Å². The Kier molecular flexibility index (Phi) is 4.82. The van der Waals surface area contributed by atoms with Crippen molar-refractivity contribution in [1.82, 2.24) is 20.3 Å². The highest BCUT2D eigenvalue weighted by Gasteiger charge is 2.20. The smallest absolute Gasteiger partial charge is 0.277 e. The zero-order chi connectivity index (χ0) is 18.6. The second-order valence-corrected chi connectivity index (χ2v) is 6.68. The van der Waals surface area contributed by atoms with Gasteiger partial charge in [0.1, 0.15) is 11.3 Å². The number of carbonyl (C=O) groups excluding carboxylic acids is 1. The second-order valence-electron chi connectivity index (χ2n) is 6.68. The maximum absolute atomic E-state index is 12.4. The zero-order valence-electron chi connectivity index (χ0n) is 14.8. The van der Waals surface area contributed by atoms with Crippen molar-refractivity contribution >= 4 is 16.8 Å². The number of aryl methyl sites for hydroxylation is 1. The van der Waals surface area contributed by atoms with Crippen LogP contribution in [0.1, 0.15) is 12.0 Å². The zero-order valence-corrected chi connectivity index (χ0v) is 14.8. The number of carbonyl (C=O) groups is 1. The summed E-state index contributed by atoms with van der Waals surface area (Å²) in [5.74, 6) is 1.05. The molecule has 1 unspecified atom stereocenters. The molecule has 1 N–H and O–H groups in total. The monoisotopic (exact) mass is 364 g/mol. The molecule has 0 spiro atoms. The van der Waals surface area contributed by atoms with E-state index in [-0.39, 0.29) is 30.3 Å². The molecule has 138 valence electrons. The van der Waals surface area contributed by atoms with E-state index in [9.17, 15) is 9.59 Å². The van der Waals surface area contributed by atoms with Crippen LogP contribution in [-0.2, 0) is 17.8 Å².